The second-order valence-electron chi connectivity index (χ2n) is 7.18. The zero-order valence-electron chi connectivity index (χ0n) is 18.1. The molecule has 0 radical (unpaired) electrons. The third-order valence-corrected chi connectivity index (χ3v) is 5.38. The van der Waals surface area contributed by atoms with E-state index in [4.69, 9.17) is 9.84 Å². The molecule has 0 aromatic heterocycles. The quantitative estimate of drug-likeness (QED) is 0.264. The molecule has 9 nitrogen and oxygen atoms in total. The van der Waals surface area contributed by atoms with Crippen LogP contribution in [0.2, 0.25) is 0 Å². The Bertz CT molecular complexity index is 725. The summed E-state index contributed by atoms with van der Waals surface area (Å²) in [7, 11) is 0. The number of ether oxygens (including phenoxy) is 1. The van der Waals surface area contributed by atoms with Crippen molar-refractivity contribution in [1.29, 1.82) is 0 Å². The average molecular weight is 453 g/mol. The molecule has 2 amide bonds. The number of nitrogens with one attached hydrogen (secondary N) is 3. The smallest absolute Gasteiger partial charge is 0.303 e. The van der Waals surface area contributed by atoms with Crippen molar-refractivity contribution < 1.29 is 24.2 Å². The van der Waals surface area contributed by atoms with Gasteiger partial charge in [-0.25, -0.2) is 0 Å². The predicted molar refractivity (Wildman–Crippen MR) is 121 cm³/mol. The van der Waals surface area contributed by atoms with Crippen LogP contribution in [0.5, 0.6) is 5.75 Å². The highest BCUT2D eigenvalue weighted by Crippen LogP contribution is 2.18. The van der Waals surface area contributed by atoms with Crippen molar-refractivity contribution >= 4 is 35.2 Å². The fourth-order valence-electron chi connectivity index (χ4n) is 3.35. The molecule has 2 unspecified atom stereocenters. The highest BCUT2D eigenvalue weighted by atomic mass is 32.2. The number of carboxylic acids is 1. The molecule has 0 spiro atoms. The van der Waals surface area contributed by atoms with Crippen molar-refractivity contribution in [3.63, 3.8) is 0 Å². The molecule has 1 heterocycles. The minimum Gasteiger partial charge on any atom is -0.494 e. The summed E-state index contributed by atoms with van der Waals surface area (Å²) >= 11 is 1.39. The number of benzene rings is 1. The maximum Gasteiger partial charge on any atom is 0.303 e. The molecule has 0 saturated carbocycles. The first-order chi connectivity index (χ1) is 14.9. The fraction of sp³-hybridized carbons (Fsp3) is 0.571. The van der Waals surface area contributed by atoms with E-state index in [1.54, 1.807) is 29.2 Å². The first-order valence-electron chi connectivity index (χ1n) is 10.5. The van der Waals surface area contributed by atoms with Crippen LogP contribution < -0.4 is 20.7 Å². The van der Waals surface area contributed by atoms with Crippen LogP contribution in [-0.4, -0.2) is 71.8 Å². The van der Waals surface area contributed by atoms with Crippen molar-refractivity contribution in [3.8, 4) is 5.75 Å². The molecule has 0 aliphatic carbocycles. The molecule has 1 saturated heterocycles. The van der Waals surface area contributed by atoms with Gasteiger partial charge in [-0.15, -0.1) is 0 Å². The molecule has 2 atom stereocenters. The maximum atomic E-state index is 13.2. The van der Waals surface area contributed by atoms with Gasteiger partial charge in [-0.3, -0.25) is 19.7 Å². The van der Waals surface area contributed by atoms with Gasteiger partial charge in [-0.05, 0) is 63.3 Å². The molecule has 172 valence electrons. The van der Waals surface area contributed by atoms with E-state index in [-0.39, 0.29) is 30.2 Å². The van der Waals surface area contributed by atoms with E-state index in [1.165, 1.54) is 11.8 Å². The summed E-state index contributed by atoms with van der Waals surface area (Å²) < 4.78 is 5.54. The van der Waals surface area contributed by atoms with Gasteiger partial charge >= 0.3 is 5.97 Å². The molecule has 4 N–H and O–H groups in total. The van der Waals surface area contributed by atoms with Crippen molar-refractivity contribution in [2.24, 2.45) is 0 Å². The summed E-state index contributed by atoms with van der Waals surface area (Å²) in [6.07, 6.45) is 3.31. The Morgan fingerprint density at radius 1 is 1.32 bits per heavy atom. The number of carboxylic acid groups (broad SMARTS) is 1. The lowest BCUT2D eigenvalue weighted by Crippen LogP contribution is -2.57. The fourth-order valence-corrected chi connectivity index (χ4v) is 3.69. The summed E-state index contributed by atoms with van der Waals surface area (Å²) in [6, 6.07) is 7.00. The molecule has 1 aromatic rings. The number of carbonyl (C=O) groups excluding carboxylic acids is 2. The van der Waals surface area contributed by atoms with Gasteiger partial charge in [-0.1, -0.05) is 0 Å². The Hall–Kier alpha value is -2.46. The number of hydrogen-bond donors (Lipinski definition) is 4. The van der Waals surface area contributed by atoms with Crippen LogP contribution in [0.3, 0.4) is 0 Å². The number of carbonyl (C=O) groups is 3. The van der Waals surface area contributed by atoms with Crippen LogP contribution in [0.4, 0.5) is 5.69 Å². The predicted octanol–water partition coefficient (Wildman–Crippen LogP) is 1.71. The molecular formula is C21H32N4O5S. The molecule has 1 aromatic carbocycles. The summed E-state index contributed by atoms with van der Waals surface area (Å²) in [4.78, 5) is 37.7. The SMILES string of the molecule is CCN(C(=O)C(NC(=O)CSC)Nc1ccc(OCCCC(=O)O)cc1)C1CCCN1. The normalized spacial score (nSPS) is 16.4. The summed E-state index contributed by atoms with van der Waals surface area (Å²) in [5.74, 6) is -0.382. The molecule has 0 bridgehead atoms. The molecule has 1 aliphatic rings. The Balaban J connectivity index is 2.03. The Morgan fingerprint density at radius 3 is 2.65 bits per heavy atom. The minimum atomic E-state index is -0.885. The molecule has 1 aliphatic heterocycles. The number of hydrogen-bond acceptors (Lipinski definition) is 7. The van der Waals surface area contributed by atoms with Crippen LogP contribution in [0, 0.1) is 0 Å². The number of aliphatic carboxylic acids is 1. The van der Waals surface area contributed by atoms with Gasteiger partial charge < -0.3 is 25.4 Å². The third kappa shape index (κ3) is 8.29. The summed E-state index contributed by atoms with van der Waals surface area (Å²) in [5.41, 5.74) is 0.663. The van der Waals surface area contributed by atoms with Crippen molar-refractivity contribution in [2.45, 2.75) is 44.9 Å². The van der Waals surface area contributed by atoms with Gasteiger partial charge in [0.25, 0.3) is 5.91 Å². The minimum absolute atomic E-state index is 0.0270. The number of nitrogens with zero attached hydrogens (tertiary/aromatic N) is 1. The van der Waals surface area contributed by atoms with E-state index < -0.39 is 12.1 Å². The second kappa shape index (κ2) is 13.1. The lowest BCUT2D eigenvalue weighted by atomic mass is 10.2. The largest absolute Gasteiger partial charge is 0.494 e. The van der Waals surface area contributed by atoms with E-state index in [9.17, 15) is 14.4 Å². The number of amides is 2. The third-order valence-electron chi connectivity index (χ3n) is 4.83. The van der Waals surface area contributed by atoms with Crippen molar-refractivity contribution in [1.82, 2.24) is 15.5 Å². The van der Waals surface area contributed by atoms with Gasteiger partial charge in [0.15, 0.2) is 6.17 Å². The first-order valence-corrected chi connectivity index (χ1v) is 11.9. The lowest BCUT2D eigenvalue weighted by molar-refractivity contribution is -0.137. The molecule has 1 fully saturated rings. The second-order valence-corrected chi connectivity index (χ2v) is 8.05. The van der Waals surface area contributed by atoms with Crippen molar-refractivity contribution in [3.05, 3.63) is 24.3 Å². The van der Waals surface area contributed by atoms with Gasteiger partial charge in [0.05, 0.1) is 18.5 Å². The zero-order valence-corrected chi connectivity index (χ0v) is 18.9. The van der Waals surface area contributed by atoms with E-state index in [1.807, 2.05) is 13.2 Å². The standard InChI is InChI=1S/C21H32N4O5S/c1-3-25(17-6-4-12-22-17)21(29)20(24-18(26)14-31-2)23-15-8-10-16(11-9-15)30-13-5-7-19(27)28/h8-11,17,20,22-23H,3-7,12-14H2,1-2H3,(H,24,26)(H,27,28). The Kier molecular flexibility index (Phi) is 10.5. The zero-order chi connectivity index (χ0) is 22.6. The highest BCUT2D eigenvalue weighted by molar-refractivity contribution is 7.99. The molecular weight excluding hydrogens is 420 g/mol. The van der Waals surface area contributed by atoms with Crippen LogP contribution in [0.1, 0.15) is 32.6 Å². The van der Waals surface area contributed by atoms with E-state index in [2.05, 4.69) is 16.0 Å². The van der Waals surface area contributed by atoms with Gasteiger partial charge in [0.2, 0.25) is 5.91 Å². The Morgan fingerprint density at radius 2 is 2.06 bits per heavy atom. The average Bonchev–Trinajstić information content (AvgIpc) is 3.27. The van der Waals surface area contributed by atoms with Crippen LogP contribution in [0.15, 0.2) is 24.3 Å². The monoisotopic (exact) mass is 452 g/mol. The van der Waals surface area contributed by atoms with E-state index in [0.29, 0.717) is 31.0 Å². The van der Waals surface area contributed by atoms with Crippen LogP contribution >= 0.6 is 11.8 Å². The van der Waals surface area contributed by atoms with Gasteiger partial charge in [0, 0.05) is 18.7 Å². The lowest BCUT2D eigenvalue weighted by Gasteiger charge is -2.32. The molecule has 10 heteroatoms. The van der Waals surface area contributed by atoms with Crippen LogP contribution in [-0.2, 0) is 14.4 Å². The Labute approximate surface area is 187 Å². The first kappa shape index (κ1) is 24.8. The van der Waals surface area contributed by atoms with Gasteiger partial charge in [-0.2, -0.15) is 11.8 Å². The number of anilines is 1. The molecule has 2 rings (SSSR count). The topological polar surface area (TPSA) is 120 Å². The van der Waals surface area contributed by atoms with Gasteiger partial charge in [0.1, 0.15) is 5.75 Å². The number of rotatable bonds is 13. The number of thioether (sulfide) groups is 1. The van der Waals surface area contributed by atoms with Crippen molar-refractivity contribution in [2.75, 3.05) is 37.0 Å². The summed E-state index contributed by atoms with van der Waals surface area (Å²) in [6.45, 7) is 3.65. The van der Waals surface area contributed by atoms with E-state index in [0.717, 1.165) is 19.4 Å². The maximum absolute atomic E-state index is 13.2. The van der Waals surface area contributed by atoms with E-state index >= 15 is 0 Å². The molecule has 31 heavy (non-hydrogen) atoms. The number of likely N-dealkylation sites (N-methyl/N-ethyl adjacent to an activating group) is 1. The van der Waals surface area contributed by atoms with Crippen LogP contribution in [0.25, 0.3) is 0 Å². The highest BCUT2D eigenvalue weighted by Gasteiger charge is 2.31. The summed E-state index contributed by atoms with van der Waals surface area (Å²) in [5, 5.41) is 17.9.